The molecule has 6 nitrogen and oxygen atoms in total. The van der Waals surface area contributed by atoms with Gasteiger partial charge in [-0.25, -0.2) is 4.79 Å². The molecule has 0 aliphatic carbocycles. The Kier molecular flexibility index (Phi) is 4.96. The van der Waals surface area contributed by atoms with Crippen molar-refractivity contribution >= 4 is 23.5 Å². The molecule has 0 aromatic carbocycles. The van der Waals surface area contributed by atoms with Gasteiger partial charge in [-0.3, -0.25) is 14.8 Å². The van der Waals surface area contributed by atoms with Crippen molar-refractivity contribution in [2.45, 2.75) is 19.9 Å². The van der Waals surface area contributed by atoms with Crippen molar-refractivity contribution in [2.75, 3.05) is 5.88 Å². The van der Waals surface area contributed by atoms with Crippen LogP contribution in [-0.2, 0) is 18.4 Å². The number of rotatable bonds is 4. The molecule has 7 heteroatoms. The van der Waals surface area contributed by atoms with E-state index in [1.807, 2.05) is 14.0 Å². The Morgan fingerprint density at radius 2 is 2.24 bits per heavy atom. The molecular weight excluding hydrogens is 244 g/mol. The third kappa shape index (κ3) is 4.07. The number of amides is 3. The average Bonchev–Trinajstić information content (AvgIpc) is 2.57. The molecule has 0 bridgehead atoms. The first-order chi connectivity index (χ1) is 8.04. The normalized spacial score (nSPS) is 10.1. The second kappa shape index (κ2) is 6.24. The van der Waals surface area contributed by atoms with Crippen LogP contribution in [0.4, 0.5) is 4.79 Å². The number of imide groups is 1. The number of carbonyl (C=O) groups excluding carboxylic acids is 2. The molecule has 1 aromatic heterocycles. The minimum Gasteiger partial charge on any atom is -0.334 e. The van der Waals surface area contributed by atoms with Crippen LogP contribution >= 0.6 is 11.6 Å². The van der Waals surface area contributed by atoms with Gasteiger partial charge >= 0.3 is 6.03 Å². The summed E-state index contributed by atoms with van der Waals surface area (Å²) in [7, 11) is 1.82. The number of alkyl halides is 1. The molecule has 0 unspecified atom stereocenters. The highest BCUT2D eigenvalue weighted by Crippen LogP contribution is 2.04. The summed E-state index contributed by atoms with van der Waals surface area (Å²) < 4.78 is 1.72. The van der Waals surface area contributed by atoms with Crippen LogP contribution in [-0.4, -0.2) is 27.6 Å². The highest BCUT2D eigenvalue weighted by Gasteiger charge is 2.08. The van der Waals surface area contributed by atoms with Crippen LogP contribution in [0.2, 0.25) is 0 Å². The van der Waals surface area contributed by atoms with Crippen molar-refractivity contribution in [3.05, 3.63) is 17.5 Å². The van der Waals surface area contributed by atoms with E-state index in [0.29, 0.717) is 6.54 Å². The minimum atomic E-state index is -0.525. The molecule has 0 aliphatic rings. The maximum Gasteiger partial charge on any atom is 0.321 e. The Bertz CT molecular complexity index is 416. The fourth-order valence-electron chi connectivity index (χ4n) is 1.21. The number of halogens is 1. The van der Waals surface area contributed by atoms with Crippen molar-refractivity contribution in [1.82, 2.24) is 20.4 Å². The summed E-state index contributed by atoms with van der Waals surface area (Å²) in [5, 5.41) is 8.80. The monoisotopic (exact) mass is 258 g/mol. The van der Waals surface area contributed by atoms with Gasteiger partial charge in [0.25, 0.3) is 0 Å². The standard InChI is InChI=1S/C10H15ClN4O2/c1-7-8(6-13-15(7)2)5-12-10(17)14-9(16)3-4-11/h6H,3-5H2,1-2H3,(H2,12,14,16,17). The van der Waals surface area contributed by atoms with Crippen molar-refractivity contribution in [3.8, 4) is 0 Å². The van der Waals surface area contributed by atoms with Crippen LogP contribution in [0.25, 0.3) is 0 Å². The lowest BCUT2D eigenvalue weighted by Gasteiger charge is -2.05. The van der Waals surface area contributed by atoms with E-state index in [9.17, 15) is 9.59 Å². The predicted molar refractivity (Wildman–Crippen MR) is 63.7 cm³/mol. The zero-order valence-corrected chi connectivity index (χ0v) is 10.5. The molecule has 17 heavy (non-hydrogen) atoms. The quantitative estimate of drug-likeness (QED) is 0.780. The van der Waals surface area contributed by atoms with E-state index in [2.05, 4.69) is 15.7 Å². The topological polar surface area (TPSA) is 76.0 Å². The first-order valence-electron chi connectivity index (χ1n) is 5.15. The van der Waals surface area contributed by atoms with Gasteiger partial charge in [-0.15, -0.1) is 11.6 Å². The molecule has 0 radical (unpaired) electrons. The summed E-state index contributed by atoms with van der Waals surface area (Å²) in [6, 6.07) is -0.525. The van der Waals surface area contributed by atoms with Crippen LogP contribution < -0.4 is 10.6 Å². The number of aromatic nitrogens is 2. The molecule has 2 N–H and O–H groups in total. The lowest BCUT2D eigenvalue weighted by molar-refractivity contribution is -0.119. The van der Waals surface area contributed by atoms with E-state index in [1.54, 1.807) is 10.9 Å². The molecule has 1 aromatic rings. The lowest BCUT2D eigenvalue weighted by atomic mass is 10.2. The van der Waals surface area contributed by atoms with E-state index in [1.165, 1.54) is 0 Å². The van der Waals surface area contributed by atoms with Gasteiger partial charge in [0, 0.05) is 37.2 Å². The fourth-order valence-corrected chi connectivity index (χ4v) is 1.38. The molecule has 0 atom stereocenters. The first-order valence-corrected chi connectivity index (χ1v) is 5.69. The predicted octanol–water partition coefficient (Wildman–Crippen LogP) is 0.683. The van der Waals surface area contributed by atoms with Gasteiger partial charge in [-0.05, 0) is 6.92 Å². The van der Waals surface area contributed by atoms with Gasteiger partial charge < -0.3 is 5.32 Å². The summed E-state index contributed by atoms with van der Waals surface area (Å²) in [6.07, 6.45) is 1.80. The number of urea groups is 1. The van der Waals surface area contributed by atoms with E-state index in [0.717, 1.165) is 11.3 Å². The molecule has 1 heterocycles. The molecule has 0 saturated carbocycles. The Morgan fingerprint density at radius 1 is 1.53 bits per heavy atom. The van der Waals surface area contributed by atoms with Gasteiger partial charge in [0.05, 0.1) is 6.20 Å². The summed E-state index contributed by atoms with van der Waals surface area (Å²) in [5.41, 5.74) is 1.88. The Morgan fingerprint density at radius 3 is 2.76 bits per heavy atom. The summed E-state index contributed by atoms with van der Waals surface area (Å²) in [5.74, 6) is -0.193. The summed E-state index contributed by atoms with van der Waals surface area (Å²) in [6.45, 7) is 2.24. The average molecular weight is 259 g/mol. The van der Waals surface area contributed by atoms with Crippen molar-refractivity contribution < 1.29 is 9.59 Å². The SMILES string of the molecule is Cc1c(CNC(=O)NC(=O)CCCl)cnn1C. The zero-order chi connectivity index (χ0) is 12.8. The molecule has 3 amide bonds. The Balaban J connectivity index is 2.38. The van der Waals surface area contributed by atoms with Crippen LogP contribution in [0.15, 0.2) is 6.20 Å². The van der Waals surface area contributed by atoms with Gasteiger partial charge in [0.15, 0.2) is 0 Å². The molecular formula is C10H15ClN4O2. The number of hydrogen-bond acceptors (Lipinski definition) is 3. The van der Waals surface area contributed by atoms with Crippen LogP contribution in [0, 0.1) is 6.92 Å². The van der Waals surface area contributed by atoms with Gasteiger partial charge in [-0.2, -0.15) is 5.10 Å². The fraction of sp³-hybridized carbons (Fsp3) is 0.500. The number of nitrogens with zero attached hydrogens (tertiary/aromatic N) is 2. The highest BCUT2D eigenvalue weighted by atomic mass is 35.5. The second-order valence-corrected chi connectivity index (χ2v) is 3.93. The molecule has 0 spiro atoms. The van der Waals surface area contributed by atoms with Crippen LogP contribution in [0.1, 0.15) is 17.7 Å². The van der Waals surface area contributed by atoms with Crippen molar-refractivity contribution in [1.29, 1.82) is 0 Å². The zero-order valence-electron chi connectivity index (χ0n) is 9.79. The maximum atomic E-state index is 11.3. The number of hydrogen-bond donors (Lipinski definition) is 2. The van der Waals surface area contributed by atoms with Gasteiger partial charge in [0.2, 0.25) is 5.91 Å². The third-order valence-electron chi connectivity index (χ3n) is 2.35. The second-order valence-electron chi connectivity index (χ2n) is 3.55. The lowest BCUT2D eigenvalue weighted by Crippen LogP contribution is -2.39. The van der Waals surface area contributed by atoms with E-state index < -0.39 is 6.03 Å². The van der Waals surface area contributed by atoms with Crippen LogP contribution in [0.5, 0.6) is 0 Å². The molecule has 0 aliphatic heterocycles. The smallest absolute Gasteiger partial charge is 0.321 e. The third-order valence-corrected chi connectivity index (χ3v) is 2.54. The molecule has 94 valence electrons. The molecule has 1 rings (SSSR count). The summed E-state index contributed by atoms with van der Waals surface area (Å²) >= 11 is 5.37. The first kappa shape index (κ1) is 13.5. The van der Waals surface area contributed by atoms with Crippen LogP contribution in [0.3, 0.4) is 0 Å². The van der Waals surface area contributed by atoms with Crippen molar-refractivity contribution in [3.63, 3.8) is 0 Å². The van der Waals surface area contributed by atoms with E-state index in [4.69, 9.17) is 11.6 Å². The van der Waals surface area contributed by atoms with Gasteiger partial charge in [0.1, 0.15) is 0 Å². The molecule has 0 saturated heterocycles. The largest absolute Gasteiger partial charge is 0.334 e. The Labute approximate surface area is 104 Å². The highest BCUT2D eigenvalue weighted by molar-refractivity contribution is 6.19. The van der Waals surface area contributed by atoms with E-state index >= 15 is 0 Å². The number of nitrogens with one attached hydrogen (secondary N) is 2. The van der Waals surface area contributed by atoms with E-state index in [-0.39, 0.29) is 18.2 Å². The minimum absolute atomic E-state index is 0.126. The molecule has 0 fully saturated rings. The summed E-state index contributed by atoms with van der Waals surface area (Å²) in [4.78, 5) is 22.4. The van der Waals surface area contributed by atoms with Crippen molar-refractivity contribution in [2.24, 2.45) is 7.05 Å². The maximum absolute atomic E-state index is 11.3. The Hall–Kier alpha value is -1.56. The number of carbonyl (C=O) groups is 2. The van der Waals surface area contributed by atoms with Gasteiger partial charge in [-0.1, -0.05) is 0 Å². The number of aryl methyl sites for hydroxylation is 1.